The van der Waals surface area contributed by atoms with E-state index in [0.29, 0.717) is 5.56 Å². The summed E-state index contributed by atoms with van der Waals surface area (Å²) < 4.78 is 76.2. The topological polar surface area (TPSA) is 0 Å². The normalized spacial score (nSPS) is 15.9. The van der Waals surface area contributed by atoms with E-state index in [0.717, 1.165) is 11.1 Å². The van der Waals surface area contributed by atoms with Crippen LogP contribution in [0.15, 0.2) is 109 Å². The van der Waals surface area contributed by atoms with E-state index in [1.54, 1.807) is 12.1 Å². The molecule has 0 heterocycles. The molecule has 0 saturated carbocycles. The van der Waals surface area contributed by atoms with Gasteiger partial charge in [-0.3, -0.25) is 0 Å². The van der Waals surface area contributed by atoms with Crippen LogP contribution in [0.25, 0.3) is 43.8 Å². The van der Waals surface area contributed by atoms with Crippen LogP contribution in [0.1, 0.15) is 12.3 Å². The molecule has 0 N–H and O–H groups in total. The molecule has 0 nitrogen and oxygen atoms in total. The lowest BCUT2D eigenvalue weighted by atomic mass is 9.88. The second-order valence-corrected chi connectivity index (χ2v) is 5.91. The van der Waals surface area contributed by atoms with E-state index >= 15 is 0 Å². The maximum Gasteiger partial charge on any atom is 0.0636 e. The average Bonchev–Trinajstić information content (AvgIpc) is 2.88. The molecule has 0 atom stereocenters. The Balaban J connectivity index is 2.16. The molecule has 0 aliphatic carbocycles. The lowest BCUT2D eigenvalue weighted by molar-refractivity contribution is 1.61. The zero-order chi connectivity index (χ0) is 25.2. The van der Waals surface area contributed by atoms with Crippen molar-refractivity contribution >= 4 is 21.5 Å². The third kappa shape index (κ3) is 2.39. The van der Waals surface area contributed by atoms with E-state index in [2.05, 4.69) is 0 Å². The van der Waals surface area contributed by atoms with E-state index in [-0.39, 0.29) is 45.2 Å². The Bertz CT molecular complexity index is 1590. The molecule has 0 aliphatic heterocycles. The minimum atomic E-state index is -0.501. The van der Waals surface area contributed by atoms with Crippen LogP contribution in [0, 0.1) is 0 Å². The lowest BCUT2D eigenvalue weighted by Gasteiger charge is -2.16. The van der Waals surface area contributed by atoms with E-state index in [1.807, 2.05) is 42.5 Å². The van der Waals surface area contributed by atoms with Crippen molar-refractivity contribution in [1.29, 1.82) is 0 Å². The highest BCUT2D eigenvalue weighted by atomic mass is 14.2. The minimum absolute atomic E-state index is 0.0573. The Morgan fingerprint density at radius 1 is 0.538 bits per heavy atom. The summed E-state index contributed by atoms with van der Waals surface area (Å²) in [7, 11) is 0. The molecule has 26 heavy (non-hydrogen) atoms. The highest BCUT2D eigenvalue weighted by Crippen LogP contribution is 2.40. The van der Waals surface area contributed by atoms with E-state index in [1.165, 1.54) is 0 Å². The summed E-state index contributed by atoms with van der Waals surface area (Å²) in [6.07, 6.45) is 0. The SMILES string of the molecule is [2H]c1c([2H])c([2H])c2c(-c3ccccc3-c3ccccc3)c3c([2H])c([2H])c([2H])c([2H])c3c([2H])c2c1[2H]. The van der Waals surface area contributed by atoms with Crippen LogP contribution >= 0.6 is 0 Å². The van der Waals surface area contributed by atoms with Crippen molar-refractivity contribution in [2.24, 2.45) is 0 Å². The zero-order valence-corrected chi connectivity index (χ0v) is 13.7. The molecule has 0 aliphatic rings. The smallest absolute Gasteiger partial charge is 0.0622 e. The van der Waals surface area contributed by atoms with Crippen LogP contribution in [0.3, 0.4) is 0 Å². The minimum Gasteiger partial charge on any atom is -0.0622 e. The Kier molecular flexibility index (Phi) is 1.98. The summed E-state index contributed by atoms with van der Waals surface area (Å²) in [5.74, 6) is 0. The van der Waals surface area contributed by atoms with Gasteiger partial charge in [0.15, 0.2) is 0 Å². The van der Waals surface area contributed by atoms with E-state index in [4.69, 9.17) is 12.3 Å². The summed E-state index contributed by atoms with van der Waals surface area (Å²) in [6.45, 7) is 0. The summed E-state index contributed by atoms with van der Waals surface area (Å²) in [5, 5.41) is -0.0402. The Morgan fingerprint density at radius 3 is 1.73 bits per heavy atom. The average molecular weight is 339 g/mol. The van der Waals surface area contributed by atoms with Gasteiger partial charge in [0.2, 0.25) is 0 Å². The molecular weight excluding hydrogens is 312 g/mol. The largest absolute Gasteiger partial charge is 0.0636 e. The maximum atomic E-state index is 8.82. The molecule has 122 valence electrons. The predicted molar refractivity (Wildman–Crippen MR) is 112 cm³/mol. The van der Waals surface area contributed by atoms with Gasteiger partial charge >= 0.3 is 0 Å². The molecular formula is C26H18. The van der Waals surface area contributed by atoms with Gasteiger partial charge in [0, 0.05) is 0 Å². The molecule has 0 unspecified atom stereocenters. The van der Waals surface area contributed by atoms with Gasteiger partial charge in [0.25, 0.3) is 0 Å². The van der Waals surface area contributed by atoms with Crippen molar-refractivity contribution in [3.8, 4) is 22.3 Å². The second kappa shape index (κ2) is 6.16. The monoisotopic (exact) mass is 339 g/mol. The van der Waals surface area contributed by atoms with Gasteiger partial charge in [-0.2, -0.15) is 0 Å². The Labute approximate surface area is 166 Å². The van der Waals surface area contributed by atoms with Gasteiger partial charge in [0.1, 0.15) is 0 Å². The molecule has 0 bridgehead atoms. The van der Waals surface area contributed by atoms with Crippen LogP contribution in [-0.2, 0) is 0 Å². The first-order valence-electron chi connectivity index (χ1n) is 12.7. The van der Waals surface area contributed by atoms with E-state index < -0.39 is 36.3 Å². The van der Waals surface area contributed by atoms with Gasteiger partial charge < -0.3 is 0 Å². The first-order valence-corrected chi connectivity index (χ1v) is 8.24. The van der Waals surface area contributed by atoms with Gasteiger partial charge in [0.05, 0.1) is 12.3 Å². The number of benzene rings is 5. The highest BCUT2D eigenvalue weighted by Gasteiger charge is 2.13. The van der Waals surface area contributed by atoms with Crippen molar-refractivity contribution in [1.82, 2.24) is 0 Å². The number of hydrogen-bond donors (Lipinski definition) is 0. The summed E-state index contributed by atoms with van der Waals surface area (Å²) >= 11 is 0. The van der Waals surface area contributed by atoms with Crippen molar-refractivity contribution in [3.05, 3.63) is 109 Å². The molecule has 0 heteroatoms. The van der Waals surface area contributed by atoms with Crippen LogP contribution in [0.4, 0.5) is 0 Å². The van der Waals surface area contributed by atoms with Gasteiger partial charge in [-0.15, -0.1) is 0 Å². The fraction of sp³-hybridized carbons (Fsp3) is 0. The van der Waals surface area contributed by atoms with Gasteiger partial charge in [-0.25, -0.2) is 0 Å². The standard InChI is InChI=1S/C26H18/c1-2-10-19(11-3-1)22-14-8-9-17-25(22)26-23-15-6-4-12-20(23)18-21-13-5-7-16-24(21)26/h1-18H/i4D,5D,6D,7D,12D,13D,15D,16D,18D. The van der Waals surface area contributed by atoms with E-state index in [9.17, 15) is 0 Å². The third-order valence-corrected chi connectivity index (χ3v) is 4.41. The van der Waals surface area contributed by atoms with Crippen molar-refractivity contribution in [2.45, 2.75) is 0 Å². The first-order chi connectivity index (χ1) is 16.7. The molecule has 0 amide bonds. The van der Waals surface area contributed by atoms with Gasteiger partial charge in [-0.05, 0) is 49.8 Å². The fourth-order valence-electron chi connectivity index (χ4n) is 3.28. The van der Waals surface area contributed by atoms with Crippen LogP contribution < -0.4 is 0 Å². The zero-order valence-electron chi connectivity index (χ0n) is 22.7. The Hall–Kier alpha value is -3.38. The summed E-state index contributed by atoms with van der Waals surface area (Å²) in [4.78, 5) is 0. The molecule has 0 fully saturated rings. The lowest BCUT2D eigenvalue weighted by Crippen LogP contribution is -1.89. The molecule has 0 aromatic heterocycles. The number of hydrogen-bond acceptors (Lipinski definition) is 0. The van der Waals surface area contributed by atoms with Crippen molar-refractivity contribution in [2.75, 3.05) is 0 Å². The molecule has 0 spiro atoms. The first kappa shape index (κ1) is 8.33. The van der Waals surface area contributed by atoms with Gasteiger partial charge in [-0.1, -0.05) is 103 Å². The maximum absolute atomic E-state index is 8.82. The highest BCUT2D eigenvalue weighted by molar-refractivity contribution is 6.14. The third-order valence-electron chi connectivity index (χ3n) is 4.41. The predicted octanol–water partition coefficient (Wildman–Crippen LogP) is 7.33. The fourth-order valence-corrected chi connectivity index (χ4v) is 3.28. The summed E-state index contributed by atoms with van der Waals surface area (Å²) in [6, 6.07) is 12.8. The van der Waals surface area contributed by atoms with Crippen molar-refractivity contribution < 1.29 is 12.3 Å². The molecule has 0 radical (unpaired) electrons. The van der Waals surface area contributed by atoms with Crippen LogP contribution in [0.5, 0.6) is 0 Å². The quantitative estimate of drug-likeness (QED) is 0.295. The summed E-state index contributed by atoms with van der Waals surface area (Å²) in [5.41, 5.74) is 2.36. The molecule has 5 aromatic rings. The molecule has 0 saturated heterocycles. The number of rotatable bonds is 2. The molecule has 5 aromatic carbocycles. The molecule has 5 rings (SSSR count). The van der Waals surface area contributed by atoms with Crippen LogP contribution in [-0.4, -0.2) is 0 Å². The number of fused-ring (bicyclic) bond motifs is 2. The Morgan fingerprint density at radius 2 is 1.08 bits per heavy atom. The van der Waals surface area contributed by atoms with Crippen LogP contribution in [0.2, 0.25) is 0 Å². The second-order valence-electron chi connectivity index (χ2n) is 5.91. The van der Waals surface area contributed by atoms with Crippen molar-refractivity contribution in [3.63, 3.8) is 0 Å².